The molecule has 1 rings (SSSR count). The van der Waals surface area contributed by atoms with Crippen molar-refractivity contribution in [2.75, 3.05) is 0 Å². The van der Waals surface area contributed by atoms with Gasteiger partial charge in [0.25, 0.3) is 0 Å². The van der Waals surface area contributed by atoms with Gasteiger partial charge in [-0.1, -0.05) is 12.2 Å². The fraction of sp³-hybridized carbons (Fsp3) is 0.250. The van der Waals surface area contributed by atoms with Gasteiger partial charge in [-0.3, -0.25) is 0 Å². The summed E-state index contributed by atoms with van der Waals surface area (Å²) in [6.45, 7) is 2.02. The van der Waals surface area contributed by atoms with E-state index in [4.69, 9.17) is 0 Å². The molecule has 0 bridgehead atoms. The van der Waals surface area contributed by atoms with E-state index in [1.807, 2.05) is 30.8 Å². The Kier molecular flexibility index (Phi) is 1.73. The van der Waals surface area contributed by atoms with Gasteiger partial charge < -0.3 is 4.57 Å². The van der Waals surface area contributed by atoms with Crippen molar-refractivity contribution in [2.24, 2.45) is 7.05 Å². The predicted octanol–water partition coefficient (Wildman–Crippen LogP) is 2.06. The van der Waals surface area contributed by atoms with Gasteiger partial charge >= 0.3 is 0 Å². The molecule has 0 unspecified atom stereocenters. The summed E-state index contributed by atoms with van der Waals surface area (Å²) >= 11 is 0. The van der Waals surface area contributed by atoms with Crippen molar-refractivity contribution in [1.82, 2.24) is 4.57 Å². The lowest BCUT2D eigenvalue weighted by Crippen LogP contribution is -1.76. The molecular weight excluding hydrogens is 110 g/mol. The van der Waals surface area contributed by atoms with Gasteiger partial charge in [-0.25, -0.2) is 0 Å². The molecule has 0 atom stereocenters. The van der Waals surface area contributed by atoms with E-state index >= 15 is 0 Å². The Labute approximate surface area is 55.6 Å². The van der Waals surface area contributed by atoms with Crippen LogP contribution in [-0.2, 0) is 7.05 Å². The standard InChI is InChI=1S/C8H11N/c1-3-4-8-5-6-9(2)7-8/h3-7H,1-2H3/b4-3+. The van der Waals surface area contributed by atoms with Crippen LogP contribution in [0, 0.1) is 0 Å². The number of hydrogen-bond donors (Lipinski definition) is 0. The van der Waals surface area contributed by atoms with Gasteiger partial charge in [0.2, 0.25) is 0 Å². The molecule has 0 saturated carbocycles. The van der Waals surface area contributed by atoms with Crippen LogP contribution in [0.5, 0.6) is 0 Å². The highest BCUT2D eigenvalue weighted by Crippen LogP contribution is 2.00. The minimum Gasteiger partial charge on any atom is -0.357 e. The first kappa shape index (κ1) is 6.14. The highest BCUT2D eigenvalue weighted by molar-refractivity contribution is 5.47. The molecule has 0 amide bonds. The van der Waals surface area contributed by atoms with Crippen LogP contribution in [0.1, 0.15) is 12.5 Å². The lowest BCUT2D eigenvalue weighted by molar-refractivity contribution is 0.927. The molecule has 48 valence electrons. The zero-order chi connectivity index (χ0) is 6.69. The number of aromatic nitrogens is 1. The highest BCUT2D eigenvalue weighted by atomic mass is 14.9. The van der Waals surface area contributed by atoms with Crippen molar-refractivity contribution in [3.05, 3.63) is 30.1 Å². The third-order valence-electron chi connectivity index (χ3n) is 1.21. The van der Waals surface area contributed by atoms with Crippen LogP contribution in [0.2, 0.25) is 0 Å². The van der Waals surface area contributed by atoms with E-state index in [0.29, 0.717) is 0 Å². The second kappa shape index (κ2) is 2.53. The first-order valence-corrected chi connectivity index (χ1v) is 3.07. The van der Waals surface area contributed by atoms with Crippen molar-refractivity contribution in [3.63, 3.8) is 0 Å². The summed E-state index contributed by atoms with van der Waals surface area (Å²) in [5.41, 5.74) is 1.26. The van der Waals surface area contributed by atoms with Gasteiger partial charge in [-0.15, -0.1) is 0 Å². The molecule has 1 heteroatoms. The molecule has 1 aromatic rings. The highest BCUT2D eigenvalue weighted by Gasteiger charge is 1.84. The van der Waals surface area contributed by atoms with E-state index in [0.717, 1.165) is 0 Å². The number of allylic oxidation sites excluding steroid dienone is 1. The molecule has 9 heavy (non-hydrogen) atoms. The van der Waals surface area contributed by atoms with E-state index < -0.39 is 0 Å². The average molecular weight is 121 g/mol. The molecule has 0 N–H and O–H groups in total. The van der Waals surface area contributed by atoms with E-state index in [-0.39, 0.29) is 0 Å². The van der Waals surface area contributed by atoms with Crippen LogP contribution in [-0.4, -0.2) is 4.57 Å². The second-order valence-corrected chi connectivity index (χ2v) is 2.11. The monoisotopic (exact) mass is 121 g/mol. The number of nitrogens with zero attached hydrogens (tertiary/aromatic N) is 1. The largest absolute Gasteiger partial charge is 0.357 e. The van der Waals surface area contributed by atoms with Crippen LogP contribution in [0.4, 0.5) is 0 Å². The normalized spacial score (nSPS) is 10.9. The Morgan fingerprint density at radius 3 is 2.78 bits per heavy atom. The maximum atomic E-state index is 2.08. The van der Waals surface area contributed by atoms with E-state index in [9.17, 15) is 0 Å². The Morgan fingerprint density at radius 2 is 2.33 bits per heavy atom. The van der Waals surface area contributed by atoms with Gasteiger partial charge in [0.1, 0.15) is 0 Å². The summed E-state index contributed by atoms with van der Waals surface area (Å²) < 4.78 is 2.04. The summed E-state index contributed by atoms with van der Waals surface area (Å²) in [7, 11) is 2.02. The molecule has 0 aliphatic rings. The van der Waals surface area contributed by atoms with Crippen molar-refractivity contribution in [1.29, 1.82) is 0 Å². The molecule has 0 aliphatic heterocycles. The quantitative estimate of drug-likeness (QED) is 0.536. The predicted molar refractivity (Wildman–Crippen MR) is 40.1 cm³/mol. The van der Waals surface area contributed by atoms with Crippen LogP contribution >= 0.6 is 0 Å². The third kappa shape index (κ3) is 1.46. The molecule has 0 aromatic carbocycles. The Balaban J connectivity index is 2.85. The maximum absolute atomic E-state index is 2.08. The van der Waals surface area contributed by atoms with Gasteiger partial charge in [-0.05, 0) is 18.6 Å². The molecule has 1 heterocycles. The van der Waals surface area contributed by atoms with Crippen molar-refractivity contribution < 1.29 is 0 Å². The molecular formula is C8H11N. The maximum Gasteiger partial charge on any atom is 0.0106 e. The minimum atomic E-state index is 1.26. The molecule has 0 spiro atoms. The van der Waals surface area contributed by atoms with Crippen LogP contribution in [0.3, 0.4) is 0 Å². The first-order valence-electron chi connectivity index (χ1n) is 3.07. The molecule has 0 aliphatic carbocycles. The average Bonchev–Trinajstić information content (AvgIpc) is 2.17. The number of rotatable bonds is 1. The van der Waals surface area contributed by atoms with Gasteiger partial charge in [-0.2, -0.15) is 0 Å². The SMILES string of the molecule is C/C=C/c1ccn(C)c1. The molecule has 0 fully saturated rings. The van der Waals surface area contributed by atoms with Crippen LogP contribution < -0.4 is 0 Å². The number of hydrogen-bond acceptors (Lipinski definition) is 0. The summed E-state index contributed by atoms with van der Waals surface area (Å²) in [5.74, 6) is 0. The minimum absolute atomic E-state index is 1.26. The van der Waals surface area contributed by atoms with Gasteiger partial charge in [0.05, 0.1) is 0 Å². The third-order valence-corrected chi connectivity index (χ3v) is 1.21. The lowest BCUT2D eigenvalue weighted by Gasteiger charge is -1.82. The van der Waals surface area contributed by atoms with Crippen LogP contribution in [0.25, 0.3) is 6.08 Å². The van der Waals surface area contributed by atoms with Gasteiger partial charge in [0, 0.05) is 19.4 Å². The zero-order valence-electron chi connectivity index (χ0n) is 5.83. The summed E-state index contributed by atoms with van der Waals surface area (Å²) in [5, 5.41) is 0. The Bertz CT molecular complexity index is 208. The summed E-state index contributed by atoms with van der Waals surface area (Å²) in [6, 6.07) is 2.08. The molecule has 0 saturated heterocycles. The molecule has 0 radical (unpaired) electrons. The fourth-order valence-corrected chi connectivity index (χ4v) is 0.816. The molecule has 1 nitrogen and oxygen atoms in total. The summed E-state index contributed by atoms with van der Waals surface area (Å²) in [6.07, 6.45) is 8.24. The Morgan fingerprint density at radius 1 is 1.56 bits per heavy atom. The molecule has 1 aromatic heterocycles. The van der Waals surface area contributed by atoms with Crippen molar-refractivity contribution in [3.8, 4) is 0 Å². The summed E-state index contributed by atoms with van der Waals surface area (Å²) in [4.78, 5) is 0. The topological polar surface area (TPSA) is 4.93 Å². The van der Waals surface area contributed by atoms with E-state index in [2.05, 4.69) is 18.3 Å². The van der Waals surface area contributed by atoms with Crippen molar-refractivity contribution in [2.45, 2.75) is 6.92 Å². The smallest absolute Gasteiger partial charge is 0.0106 e. The van der Waals surface area contributed by atoms with Gasteiger partial charge in [0.15, 0.2) is 0 Å². The van der Waals surface area contributed by atoms with Crippen LogP contribution in [0.15, 0.2) is 24.5 Å². The first-order chi connectivity index (χ1) is 4.33. The number of aryl methyl sites for hydroxylation is 1. The van der Waals surface area contributed by atoms with Crippen molar-refractivity contribution >= 4 is 6.08 Å². The van der Waals surface area contributed by atoms with E-state index in [1.54, 1.807) is 0 Å². The second-order valence-electron chi connectivity index (χ2n) is 2.11. The van der Waals surface area contributed by atoms with E-state index in [1.165, 1.54) is 5.56 Å². The zero-order valence-corrected chi connectivity index (χ0v) is 5.83. The lowest BCUT2D eigenvalue weighted by atomic mass is 10.3. The Hall–Kier alpha value is -0.980. The fourth-order valence-electron chi connectivity index (χ4n) is 0.816.